The molecule has 0 spiro atoms. The first-order valence-corrected chi connectivity index (χ1v) is 44.1. The molecule has 0 saturated heterocycles. The zero-order valence-electron chi connectivity index (χ0n) is 65.7. The zero-order valence-corrected chi connectivity index (χ0v) is 67.5. The number of allylic oxidation sites excluding steroid dienone is 18. The van der Waals surface area contributed by atoms with E-state index in [1.165, 1.54) is 64.2 Å². The van der Waals surface area contributed by atoms with Crippen LogP contribution in [0, 0.1) is 0 Å². The molecule has 0 rings (SSSR count). The lowest BCUT2D eigenvalue weighted by Gasteiger charge is -2.21. The smallest absolute Gasteiger partial charge is 0.462 e. The van der Waals surface area contributed by atoms with Gasteiger partial charge >= 0.3 is 39.5 Å². The van der Waals surface area contributed by atoms with Crippen LogP contribution in [0.15, 0.2) is 109 Å². The van der Waals surface area contributed by atoms with Crippen LogP contribution in [0.5, 0.6) is 0 Å². The molecule has 19 heteroatoms. The Morgan fingerprint density at radius 3 is 0.788 bits per heavy atom. The number of carbonyl (C=O) groups excluding carboxylic acids is 4. The number of esters is 4. The fraction of sp³-hybridized carbons (Fsp3) is 0.741. The molecule has 0 amide bonds. The second-order valence-electron chi connectivity index (χ2n) is 27.3. The highest BCUT2D eigenvalue weighted by Gasteiger charge is 2.30. The first-order valence-electron chi connectivity index (χ1n) is 41.1. The zero-order chi connectivity index (χ0) is 76.0. The van der Waals surface area contributed by atoms with E-state index in [-0.39, 0.29) is 25.7 Å². The molecule has 0 aromatic heterocycles. The summed E-state index contributed by atoms with van der Waals surface area (Å²) in [6, 6.07) is 0. The number of rotatable bonds is 77. The lowest BCUT2D eigenvalue weighted by atomic mass is 10.1. The van der Waals surface area contributed by atoms with Gasteiger partial charge in [0, 0.05) is 25.7 Å². The Labute approximate surface area is 632 Å². The van der Waals surface area contributed by atoms with Crippen LogP contribution in [0.2, 0.25) is 0 Å². The van der Waals surface area contributed by atoms with Gasteiger partial charge < -0.3 is 33.8 Å². The van der Waals surface area contributed by atoms with Crippen LogP contribution in [0.25, 0.3) is 0 Å². The molecule has 0 saturated carbocycles. The third-order valence-electron chi connectivity index (χ3n) is 17.2. The SMILES string of the molecule is CC/C=C\C/C=C\C/C=C\C/C=C\CCCCCCCCC(=O)OCC(COP(=O)(O)OCC(O)COP(=O)(O)OCC(COC(=O)CCCCCCC/C=C\CCCCCCCC)OC(=O)CCCCCCC/C=C\CCCCCC)OC(=O)CCCCCCCCC/C=C\C/C=C\C/C=C\CC. The number of phosphoric ester groups is 2. The molecule has 104 heavy (non-hydrogen) atoms. The predicted molar refractivity (Wildman–Crippen MR) is 427 cm³/mol. The van der Waals surface area contributed by atoms with E-state index in [2.05, 4.69) is 137 Å². The van der Waals surface area contributed by atoms with E-state index in [0.717, 1.165) is 205 Å². The van der Waals surface area contributed by atoms with Crippen LogP contribution >= 0.6 is 15.6 Å². The molecule has 0 bridgehead atoms. The van der Waals surface area contributed by atoms with Crippen molar-refractivity contribution in [1.29, 1.82) is 0 Å². The van der Waals surface area contributed by atoms with Crippen LogP contribution in [0.4, 0.5) is 0 Å². The number of phosphoric acid groups is 2. The largest absolute Gasteiger partial charge is 0.472 e. The van der Waals surface area contributed by atoms with Gasteiger partial charge in [0.05, 0.1) is 26.4 Å². The molecule has 0 aliphatic rings. The van der Waals surface area contributed by atoms with Gasteiger partial charge in [-0.2, -0.15) is 0 Å². The minimum atomic E-state index is -4.99. The van der Waals surface area contributed by atoms with Gasteiger partial charge in [0.25, 0.3) is 0 Å². The van der Waals surface area contributed by atoms with Crippen LogP contribution in [-0.2, 0) is 65.4 Å². The second kappa shape index (κ2) is 76.9. The van der Waals surface area contributed by atoms with Crippen molar-refractivity contribution in [2.75, 3.05) is 39.6 Å². The number of aliphatic hydroxyl groups excluding tert-OH is 1. The summed E-state index contributed by atoms with van der Waals surface area (Å²) in [4.78, 5) is 73.1. The van der Waals surface area contributed by atoms with E-state index in [1.54, 1.807) is 0 Å². The Morgan fingerprint density at radius 2 is 0.500 bits per heavy atom. The third kappa shape index (κ3) is 75.9. The Morgan fingerprint density at radius 1 is 0.279 bits per heavy atom. The maximum atomic E-state index is 13.1. The fourth-order valence-electron chi connectivity index (χ4n) is 11.0. The molecule has 0 aromatic carbocycles. The molecule has 0 heterocycles. The maximum absolute atomic E-state index is 13.1. The van der Waals surface area contributed by atoms with E-state index in [4.69, 9.17) is 37.0 Å². The number of hydrogen-bond donors (Lipinski definition) is 3. The van der Waals surface area contributed by atoms with Crippen LogP contribution < -0.4 is 0 Å². The molecule has 17 nitrogen and oxygen atoms in total. The van der Waals surface area contributed by atoms with E-state index in [1.807, 2.05) is 0 Å². The Balaban J connectivity index is 5.37. The van der Waals surface area contributed by atoms with Crippen molar-refractivity contribution in [1.82, 2.24) is 0 Å². The van der Waals surface area contributed by atoms with Crippen molar-refractivity contribution in [2.24, 2.45) is 0 Å². The predicted octanol–water partition coefficient (Wildman–Crippen LogP) is 24.1. The first kappa shape index (κ1) is 99.7. The lowest BCUT2D eigenvalue weighted by Crippen LogP contribution is -2.30. The number of unbranched alkanes of at least 4 members (excludes halogenated alkanes) is 33. The van der Waals surface area contributed by atoms with Gasteiger partial charge in [-0.1, -0.05) is 285 Å². The van der Waals surface area contributed by atoms with Gasteiger partial charge in [0.2, 0.25) is 0 Å². The van der Waals surface area contributed by atoms with Crippen molar-refractivity contribution in [3.05, 3.63) is 109 Å². The van der Waals surface area contributed by atoms with Gasteiger partial charge in [-0.25, -0.2) is 9.13 Å². The van der Waals surface area contributed by atoms with Gasteiger partial charge in [-0.3, -0.25) is 37.3 Å². The Bertz CT molecular complexity index is 2390. The first-order chi connectivity index (χ1) is 50.7. The molecule has 0 aromatic rings. The molecule has 0 aliphatic carbocycles. The molecular formula is C85H148O17P2. The van der Waals surface area contributed by atoms with Gasteiger partial charge in [-0.05, 0) is 148 Å². The highest BCUT2D eigenvalue weighted by molar-refractivity contribution is 7.47. The average molecular weight is 1500 g/mol. The number of ether oxygens (including phenoxy) is 4. The van der Waals surface area contributed by atoms with Gasteiger partial charge in [0.15, 0.2) is 12.2 Å². The topological polar surface area (TPSA) is 237 Å². The minimum absolute atomic E-state index is 0.0789. The highest BCUT2D eigenvalue weighted by Crippen LogP contribution is 2.45. The summed E-state index contributed by atoms with van der Waals surface area (Å²) in [5.74, 6) is -2.20. The highest BCUT2D eigenvalue weighted by atomic mass is 31.2. The summed E-state index contributed by atoms with van der Waals surface area (Å²) in [5.41, 5.74) is 0. The summed E-state index contributed by atoms with van der Waals surface area (Å²) in [7, 11) is -9.97. The molecule has 0 aliphatic heterocycles. The van der Waals surface area contributed by atoms with Crippen LogP contribution in [-0.4, -0.2) is 96.7 Å². The fourth-order valence-corrected chi connectivity index (χ4v) is 12.6. The third-order valence-corrected chi connectivity index (χ3v) is 19.1. The molecule has 0 radical (unpaired) electrons. The average Bonchev–Trinajstić information content (AvgIpc) is 0.911. The van der Waals surface area contributed by atoms with Crippen LogP contribution in [0.1, 0.15) is 349 Å². The summed E-state index contributed by atoms with van der Waals surface area (Å²) in [6.07, 6.45) is 83.4. The van der Waals surface area contributed by atoms with Gasteiger partial charge in [0.1, 0.15) is 19.3 Å². The number of hydrogen-bond acceptors (Lipinski definition) is 15. The van der Waals surface area contributed by atoms with Crippen molar-refractivity contribution in [3.8, 4) is 0 Å². The summed E-state index contributed by atoms with van der Waals surface area (Å²) in [6.45, 7) is 4.63. The summed E-state index contributed by atoms with van der Waals surface area (Å²) < 4.78 is 68.7. The van der Waals surface area contributed by atoms with Crippen molar-refractivity contribution >= 4 is 39.5 Å². The number of aliphatic hydroxyl groups is 1. The normalized spacial score (nSPS) is 14.4. The monoisotopic (exact) mass is 1500 g/mol. The lowest BCUT2D eigenvalue weighted by molar-refractivity contribution is -0.161. The Kier molecular flexibility index (Phi) is 73.7. The quantitative estimate of drug-likeness (QED) is 0.0169. The molecular weight excluding hydrogens is 1350 g/mol. The number of carbonyl (C=O) groups is 4. The maximum Gasteiger partial charge on any atom is 0.472 e. The minimum Gasteiger partial charge on any atom is -0.462 e. The molecule has 5 atom stereocenters. The molecule has 0 fully saturated rings. The van der Waals surface area contributed by atoms with Crippen molar-refractivity contribution in [3.63, 3.8) is 0 Å². The second-order valence-corrected chi connectivity index (χ2v) is 30.2. The van der Waals surface area contributed by atoms with E-state index in [0.29, 0.717) is 25.7 Å². The summed E-state index contributed by atoms with van der Waals surface area (Å²) >= 11 is 0. The standard InChI is InChI=1S/C85H148O17P2/c1-5-9-13-17-21-25-29-33-36-38-39-41-43-47-50-54-58-62-66-70-83(88)96-76-81(102-85(90)72-68-64-60-56-52-48-44-40-37-34-30-26-22-18-14-10-6-2)78-100-104(93,94)98-74-79(86)73-97-103(91,92)99-77-80(101-84(89)71-67-63-59-55-51-45-32-28-24-20-16-12-8-4)75-95-82(87)69-65-61-57-53-49-46-42-35-31-27-23-19-15-11-7-3/h9-10,13-14,21-22,25-26,28,32-37,39,41-42,79-81,86H,5-8,11-12,15-20,23-24,27,29-31,38,40,43-78H2,1-4H3,(H,91,92)(H,93,94)/b13-9-,14-10-,25-21-,26-22-,32-28-,36-33-,37-34-,41-39-,42-35-. The molecule has 600 valence electrons. The van der Waals surface area contributed by atoms with E-state index < -0.39 is 97.5 Å². The summed E-state index contributed by atoms with van der Waals surface area (Å²) in [5, 5.41) is 10.7. The van der Waals surface area contributed by atoms with Crippen molar-refractivity contribution in [2.45, 2.75) is 367 Å². The van der Waals surface area contributed by atoms with E-state index >= 15 is 0 Å². The van der Waals surface area contributed by atoms with Crippen LogP contribution in [0.3, 0.4) is 0 Å². The molecule has 5 unspecified atom stereocenters. The molecule has 3 N–H and O–H groups in total. The van der Waals surface area contributed by atoms with Gasteiger partial charge in [-0.15, -0.1) is 0 Å². The van der Waals surface area contributed by atoms with E-state index in [9.17, 15) is 43.2 Å². The Hall–Kier alpha value is -4.28. The van der Waals surface area contributed by atoms with Crippen molar-refractivity contribution < 1.29 is 80.2 Å².